The van der Waals surface area contributed by atoms with E-state index in [1.54, 1.807) is 7.11 Å². The van der Waals surface area contributed by atoms with Crippen molar-refractivity contribution in [1.82, 2.24) is 19.4 Å². The maximum atomic E-state index is 13.2. The molecule has 0 bridgehead atoms. The highest BCUT2D eigenvalue weighted by atomic mass is 16.5. The third kappa shape index (κ3) is 3.92. The number of carbonyl (C=O) groups is 1. The fourth-order valence-corrected chi connectivity index (χ4v) is 4.25. The minimum atomic E-state index is 0.0158. The van der Waals surface area contributed by atoms with Crippen LogP contribution in [0.2, 0.25) is 0 Å². The Labute approximate surface area is 178 Å². The fraction of sp³-hybridized carbons (Fsp3) is 0.417. The van der Waals surface area contributed by atoms with Crippen LogP contribution >= 0.6 is 0 Å². The van der Waals surface area contributed by atoms with Gasteiger partial charge in [-0.3, -0.25) is 9.69 Å². The van der Waals surface area contributed by atoms with E-state index in [0.717, 1.165) is 36.1 Å². The van der Waals surface area contributed by atoms with Crippen LogP contribution in [-0.2, 0) is 6.54 Å². The minimum Gasteiger partial charge on any atom is -0.496 e. The summed E-state index contributed by atoms with van der Waals surface area (Å²) >= 11 is 0. The van der Waals surface area contributed by atoms with Gasteiger partial charge in [0.1, 0.15) is 5.75 Å². The molecule has 0 radical (unpaired) electrons. The standard InChI is InChI=1S/C24H30N4O2/c1-17(2)27-12-11-19(15-27)26(3)24(29)20-10-9-18(13-23(20)30-4)14-28-16-25-21-7-5-6-8-22(21)28/h5-10,13,16-17,19H,11-12,14-15H2,1-4H3. The van der Waals surface area contributed by atoms with Crippen molar-refractivity contribution in [2.45, 2.75) is 38.9 Å². The van der Waals surface area contributed by atoms with Crippen molar-refractivity contribution in [1.29, 1.82) is 0 Å². The summed E-state index contributed by atoms with van der Waals surface area (Å²) in [5.41, 5.74) is 3.75. The highest BCUT2D eigenvalue weighted by molar-refractivity contribution is 5.97. The van der Waals surface area contributed by atoms with Crippen molar-refractivity contribution in [2.75, 3.05) is 27.2 Å². The lowest BCUT2D eigenvalue weighted by molar-refractivity contribution is 0.0729. The van der Waals surface area contributed by atoms with Crippen LogP contribution in [0.1, 0.15) is 36.2 Å². The zero-order valence-electron chi connectivity index (χ0n) is 18.2. The maximum Gasteiger partial charge on any atom is 0.257 e. The second kappa shape index (κ2) is 8.48. The number of para-hydroxylation sites is 2. The molecule has 158 valence electrons. The summed E-state index contributed by atoms with van der Waals surface area (Å²) in [4.78, 5) is 22.0. The van der Waals surface area contributed by atoms with Gasteiger partial charge in [-0.15, -0.1) is 0 Å². The number of aromatic nitrogens is 2. The number of fused-ring (bicyclic) bond motifs is 1. The largest absolute Gasteiger partial charge is 0.496 e. The third-order valence-electron chi connectivity index (χ3n) is 6.17. The molecule has 2 heterocycles. The van der Waals surface area contributed by atoms with Crippen molar-refractivity contribution in [3.63, 3.8) is 0 Å². The molecule has 0 aliphatic carbocycles. The Hall–Kier alpha value is -2.86. The van der Waals surface area contributed by atoms with Gasteiger partial charge in [0.25, 0.3) is 5.91 Å². The van der Waals surface area contributed by atoms with Crippen molar-refractivity contribution < 1.29 is 9.53 Å². The van der Waals surface area contributed by atoms with Gasteiger partial charge in [-0.05, 0) is 50.1 Å². The lowest BCUT2D eigenvalue weighted by atomic mass is 10.1. The van der Waals surface area contributed by atoms with Crippen LogP contribution in [0.4, 0.5) is 0 Å². The van der Waals surface area contributed by atoms with E-state index in [1.807, 2.05) is 54.7 Å². The van der Waals surface area contributed by atoms with Gasteiger partial charge in [0, 0.05) is 38.8 Å². The van der Waals surface area contributed by atoms with Crippen LogP contribution in [0.3, 0.4) is 0 Å². The summed E-state index contributed by atoms with van der Waals surface area (Å²) in [6.45, 7) is 7.04. The zero-order chi connectivity index (χ0) is 21.3. The predicted octanol–water partition coefficient (Wildman–Crippen LogP) is 3.65. The van der Waals surface area contributed by atoms with Crippen LogP contribution < -0.4 is 4.74 Å². The summed E-state index contributed by atoms with van der Waals surface area (Å²) < 4.78 is 7.71. The minimum absolute atomic E-state index is 0.0158. The lowest BCUT2D eigenvalue weighted by Crippen LogP contribution is -2.40. The Morgan fingerprint density at radius 2 is 2.07 bits per heavy atom. The number of amides is 1. The molecule has 6 nitrogen and oxygen atoms in total. The van der Waals surface area contributed by atoms with Crippen molar-refractivity contribution in [2.24, 2.45) is 0 Å². The van der Waals surface area contributed by atoms with Gasteiger partial charge in [0.15, 0.2) is 0 Å². The molecule has 0 saturated carbocycles. The Balaban J connectivity index is 1.53. The van der Waals surface area contributed by atoms with Crippen LogP contribution in [0.25, 0.3) is 11.0 Å². The molecule has 4 rings (SSSR count). The first-order chi connectivity index (χ1) is 14.5. The molecular formula is C24H30N4O2. The van der Waals surface area contributed by atoms with Gasteiger partial charge < -0.3 is 14.2 Å². The fourth-order valence-electron chi connectivity index (χ4n) is 4.25. The molecule has 30 heavy (non-hydrogen) atoms. The van der Waals surface area contributed by atoms with E-state index >= 15 is 0 Å². The average Bonchev–Trinajstić information content (AvgIpc) is 3.41. The molecular weight excluding hydrogens is 376 g/mol. The van der Waals surface area contributed by atoms with Gasteiger partial charge in [-0.2, -0.15) is 0 Å². The molecule has 1 aliphatic heterocycles. The molecule has 1 amide bonds. The van der Waals surface area contributed by atoms with E-state index in [0.29, 0.717) is 23.9 Å². The Morgan fingerprint density at radius 3 is 2.80 bits per heavy atom. The summed E-state index contributed by atoms with van der Waals surface area (Å²) in [5, 5.41) is 0. The smallest absolute Gasteiger partial charge is 0.257 e. The number of methoxy groups -OCH3 is 1. The lowest BCUT2D eigenvalue weighted by Gasteiger charge is -2.27. The number of rotatable bonds is 6. The topological polar surface area (TPSA) is 50.6 Å². The summed E-state index contributed by atoms with van der Waals surface area (Å²) in [7, 11) is 3.53. The second-order valence-corrected chi connectivity index (χ2v) is 8.34. The number of benzene rings is 2. The highest BCUT2D eigenvalue weighted by Gasteiger charge is 2.30. The van der Waals surface area contributed by atoms with Gasteiger partial charge >= 0.3 is 0 Å². The summed E-state index contributed by atoms with van der Waals surface area (Å²) in [6.07, 6.45) is 2.86. The van der Waals surface area contributed by atoms with Crippen molar-refractivity contribution in [3.8, 4) is 5.75 Å². The van der Waals surface area contributed by atoms with E-state index in [1.165, 1.54) is 0 Å². The molecule has 1 atom stereocenters. The number of likely N-dealkylation sites (N-methyl/N-ethyl adjacent to an activating group) is 1. The van der Waals surface area contributed by atoms with Crippen LogP contribution in [-0.4, -0.2) is 64.6 Å². The molecule has 0 N–H and O–H groups in total. The van der Waals surface area contributed by atoms with Gasteiger partial charge in [-0.25, -0.2) is 4.98 Å². The summed E-state index contributed by atoms with van der Waals surface area (Å²) in [6, 6.07) is 14.7. The first kappa shape index (κ1) is 20.4. The first-order valence-corrected chi connectivity index (χ1v) is 10.6. The molecule has 1 unspecified atom stereocenters. The highest BCUT2D eigenvalue weighted by Crippen LogP contribution is 2.26. The van der Waals surface area contributed by atoms with Crippen molar-refractivity contribution in [3.05, 3.63) is 59.9 Å². The van der Waals surface area contributed by atoms with Crippen LogP contribution in [0, 0.1) is 0 Å². The first-order valence-electron chi connectivity index (χ1n) is 10.6. The average molecular weight is 407 g/mol. The number of likely N-dealkylation sites (tertiary alicyclic amines) is 1. The van der Waals surface area contributed by atoms with Gasteiger partial charge in [-0.1, -0.05) is 18.2 Å². The molecule has 0 spiro atoms. The second-order valence-electron chi connectivity index (χ2n) is 8.34. The molecule has 1 saturated heterocycles. The number of hydrogen-bond acceptors (Lipinski definition) is 4. The molecule has 1 fully saturated rings. The number of ether oxygens (including phenoxy) is 1. The quantitative estimate of drug-likeness (QED) is 0.627. The molecule has 3 aromatic rings. The van der Waals surface area contributed by atoms with Crippen molar-refractivity contribution >= 4 is 16.9 Å². The molecule has 2 aromatic carbocycles. The number of hydrogen-bond donors (Lipinski definition) is 0. The van der Waals surface area contributed by atoms with Gasteiger partial charge in [0.2, 0.25) is 0 Å². The van der Waals surface area contributed by atoms with Crippen LogP contribution in [0.15, 0.2) is 48.8 Å². The predicted molar refractivity (Wildman–Crippen MR) is 119 cm³/mol. The molecule has 1 aliphatic rings. The normalized spacial score (nSPS) is 17.0. The van der Waals surface area contributed by atoms with E-state index in [4.69, 9.17) is 4.74 Å². The number of nitrogens with zero attached hydrogens (tertiary/aromatic N) is 4. The Kier molecular flexibility index (Phi) is 5.77. The third-order valence-corrected chi connectivity index (χ3v) is 6.17. The number of imidazole rings is 1. The molecule has 6 heteroatoms. The zero-order valence-corrected chi connectivity index (χ0v) is 18.2. The Bertz CT molecular complexity index is 1040. The van der Waals surface area contributed by atoms with Gasteiger partial charge in [0.05, 0.1) is 30.0 Å². The van der Waals surface area contributed by atoms with Crippen LogP contribution in [0.5, 0.6) is 5.75 Å². The number of carbonyl (C=O) groups excluding carboxylic acids is 1. The molecule has 1 aromatic heterocycles. The summed E-state index contributed by atoms with van der Waals surface area (Å²) in [5.74, 6) is 0.634. The van der Waals surface area contributed by atoms with E-state index in [9.17, 15) is 4.79 Å². The monoisotopic (exact) mass is 406 g/mol. The van der Waals surface area contributed by atoms with E-state index in [2.05, 4.69) is 34.4 Å². The SMILES string of the molecule is COc1cc(Cn2cnc3ccccc32)ccc1C(=O)N(C)C1CCN(C(C)C)C1. The van der Waals surface area contributed by atoms with E-state index < -0.39 is 0 Å². The Morgan fingerprint density at radius 1 is 1.27 bits per heavy atom. The maximum absolute atomic E-state index is 13.2. The van der Waals surface area contributed by atoms with E-state index in [-0.39, 0.29) is 11.9 Å².